The minimum atomic E-state index is -3.41. The summed E-state index contributed by atoms with van der Waals surface area (Å²) < 4.78 is 29.9. The van der Waals surface area contributed by atoms with Crippen LogP contribution in [0.2, 0.25) is 0 Å². The fraction of sp³-hybridized carbons (Fsp3) is 0.438. The first kappa shape index (κ1) is 17.5. The van der Waals surface area contributed by atoms with Crippen LogP contribution in [0.3, 0.4) is 0 Å². The minimum Gasteiger partial charge on any atom is -0.496 e. The Morgan fingerprint density at radius 1 is 1.43 bits per heavy atom. The Kier molecular flexibility index (Phi) is 5.43. The molecule has 0 spiro atoms. The average Bonchev–Trinajstić information content (AvgIpc) is 2.97. The smallest absolute Gasteiger partial charge is 0.242 e. The quantitative estimate of drug-likeness (QED) is 0.784. The summed E-state index contributed by atoms with van der Waals surface area (Å²) >= 11 is 0. The van der Waals surface area contributed by atoms with E-state index in [0.29, 0.717) is 6.42 Å². The number of hydrogen-bond acceptors (Lipinski definition) is 4. The highest BCUT2D eigenvalue weighted by Gasteiger charge is 2.33. The van der Waals surface area contributed by atoms with Crippen molar-refractivity contribution in [2.75, 3.05) is 19.9 Å². The standard InChI is InChI=1S/C16H22N2O4S/c1-12(11-13-7-4-5-9-15(13)22-2)17-16(19)14-8-6-10-18(14)23(3,20)21/h4-9,12,14H,10-11H2,1-3H3,(H,17,19)/t12-,14+/m0/s1. The van der Waals surface area contributed by atoms with Gasteiger partial charge in [0, 0.05) is 12.6 Å². The predicted molar refractivity (Wildman–Crippen MR) is 88.8 cm³/mol. The summed E-state index contributed by atoms with van der Waals surface area (Å²) in [5.41, 5.74) is 0.990. The summed E-state index contributed by atoms with van der Waals surface area (Å²) in [4.78, 5) is 12.4. The molecule has 0 aromatic heterocycles. The number of hydrogen-bond donors (Lipinski definition) is 1. The molecule has 0 fully saturated rings. The number of amides is 1. The number of methoxy groups -OCH3 is 1. The molecule has 1 aliphatic rings. The fourth-order valence-corrected chi connectivity index (χ4v) is 3.58. The highest BCUT2D eigenvalue weighted by molar-refractivity contribution is 7.88. The zero-order chi connectivity index (χ0) is 17.0. The molecule has 126 valence electrons. The van der Waals surface area contributed by atoms with Crippen molar-refractivity contribution >= 4 is 15.9 Å². The van der Waals surface area contributed by atoms with Crippen LogP contribution in [0.4, 0.5) is 0 Å². The highest BCUT2D eigenvalue weighted by Crippen LogP contribution is 2.19. The molecule has 1 amide bonds. The van der Waals surface area contributed by atoms with Crippen molar-refractivity contribution < 1.29 is 17.9 Å². The molecule has 1 aromatic rings. The van der Waals surface area contributed by atoms with E-state index in [0.717, 1.165) is 17.6 Å². The SMILES string of the molecule is COc1ccccc1C[C@H](C)NC(=O)[C@H]1C=CCN1S(C)(=O)=O. The molecule has 0 bridgehead atoms. The summed E-state index contributed by atoms with van der Waals surface area (Å²) in [6.45, 7) is 2.12. The fourth-order valence-electron chi connectivity index (χ4n) is 2.64. The van der Waals surface area contributed by atoms with Crippen LogP contribution in [0.5, 0.6) is 5.75 Å². The number of nitrogens with zero attached hydrogens (tertiary/aromatic N) is 1. The van der Waals surface area contributed by atoms with Gasteiger partial charge in [-0.25, -0.2) is 8.42 Å². The number of rotatable bonds is 6. The maximum absolute atomic E-state index is 12.4. The number of ether oxygens (including phenoxy) is 1. The van der Waals surface area contributed by atoms with Crippen LogP contribution in [-0.4, -0.2) is 50.6 Å². The lowest BCUT2D eigenvalue weighted by Crippen LogP contribution is -2.48. The number of nitrogens with one attached hydrogen (secondary N) is 1. The monoisotopic (exact) mass is 338 g/mol. The van der Waals surface area contributed by atoms with Crippen molar-refractivity contribution in [1.82, 2.24) is 9.62 Å². The van der Waals surface area contributed by atoms with Crippen molar-refractivity contribution in [1.29, 1.82) is 0 Å². The number of carbonyl (C=O) groups is 1. The lowest BCUT2D eigenvalue weighted by atomic mass is 10.1. The minimum absolute atomic E-state index is 0.144. The number of carbonyl (C=O) groups excluding carboxylic acids is 1. The topological polar surface area (TPSA) is 75.7 Å². The molecule has 7 heteroatoms. The first-order chi connectivity index (χ1) is 10.8. The Hall–Kier alpha value is -1.86. The summed E-state index contributed by atoms with van der Waals surface area (Å²) in [7, 11) is -1.81. The van der Waals surface area contributed by atoms with Crippen LogP contribution in [-0.2, 0) is 21.2 Å². The van der Waals surface area contributed by atoms with E-state index in [1.807, 2.05) is 31.2 Å². The zero-order valence-electron chi connectivity index (χ0n) is 13.5. The van der Waals surface area contributed by atoms with Gasteiger partial charge in [-0.1, -0.05) is 30.4 Å². The molecular weight excluding hydrogens is 316 g/mol. The lowest BCUT2D eigenvalue weighted by Gasteiger charge is -2.23. The molecule has 0 saturated carbocycles. The summed E-state index contributed by atoms with van der Waals surface area (Å²) in [5.74, 6) is 0.457. The predicted octanol–water partition coefficient (Wildman–Crippen LogP) is 0.942. The molecule has 0 unspecified atom stereocenters. The van der Waals surface area contributed by atoms with Gasteiger partial charge in [-0.3, -0.25) is 4.79 Å². The van der Waals surface area contributed by atoms with E-state index in [1.165, 1.54) is 4.31 Å². The normalized spacial score (nSPS) is 19.5. The number of sulfonamides is 1. The molecule has 1 heterocycles. The van der Waals surface area contributed by atoms with E-state index in [9.17, 15) is 13.2 Å². The first-order valence-electron chi connectivity index (χ1n) is 7.38. The van der Waals surface area contributed by atoms with Crippen molar-refractivity contribution in [3.8, 4) is 5.75 Å². The molecule has 0 radical (unpaired) electrons. The lowest BCUT2D eigenvalue weighted by molar-refractivity contribution is -0.123. The van der Waals surface area contributed by atoms with E-state index in [4.69, 9.17) is 4.74 Å². The van der Waals surface area contributed by atoms with Crippen molar-refractivity contribution in [3.63, 3.8) is 0 Å². The first-order valence-corrected chi connectivity index (χ1v) is 9.23. The van der Waals surface area contributed by atoms with Gasteiger partial charge in [0.25, 0.3) is 0 Å². The molecule has 6 nitrogen and oxygen atoms in total. The molecule has 1 aromatic carbocycles. The zero-order valence-corrected chi connectivity index (χ0v) is 14.3. The molecule has 0 saturated heterocycles. The van der Waals surface area contributed by atoms with E-state index < -0.39 is 16.1 Å². The second-order valence-corrected chi connectivity index (χ2v) is 7.57. The summed E-state index contributed by atoms with van der Waals surface area (Å²) in [6.07, 6.45) is 5.02. The van der Waals surface area contributed by atoms with Crippen LogP contribution in [0.25, 0.3) is 0 Å². The Morgan fingerprint density at radius 3 is 2.78 bits per heavy atom. The molecular formula is C16H22N2O4S. The van der Waals surface area contributed by atoms with Crippen LogP contribution in [0, 0.1) is 0 Å². The second kappa shape index (κ2) is 7.14. The van der Waals surface area contributed by atoms with Gasteiger partial charge in [0.2, 0.25) is 15.9 Å². The van der Waals surface area contributed by atoms with Crippen molar-refractivity contribution in [2.24, 2.45) is 0 Å². The van der Waals surface area contributed by atoms with Gasteiger partial charge in [-0.15, -0.1) is 0 Å². The van der Waals surface area contributed by atoms with Crippen LogP contribution < -0.4 is 10.1 Å². The Morgan fingerprint density at radius 2 is 2.13 bits per heavy atom. The third-order valence-electron chi connectivity index (χ3n) is 3.72. The Bertz CT molecular complexity index is 700. The van der Waals surface area contributed by atoms with Crippen molar-refractivity contribution in [3.05, 3.63) is 42.0 Å². The number of benzene rings is 1. The van der Waals surface area contributed by atoms with Gasteiger partial charge in [0.05, 0.1) is 13.4 Å². The number of para-hydroxylation sites is 1. The van der Waals surface area contributed by atoms with Gasteiger partial charge in [0.1, 0.15) is 11.8 Å². The Labute approximate surface area is 137 Å². The molecule has 2 rings (SSSR count). The van der Waals surface area contributed by atoms with Crippen molar-refractivity contribution in [2.45, 2.75) is 25.4 Å². The van der Waals surface area contributed by atoms with Gasteiger partial charge in [0.15, 0.2) is 0 Å². The third kappa shape index (κ3) is 4.33. The van der Waals surface area contributed by atoms with E-state index >= 15 is 0 Å². The summed E-state index contributed by atoms with van der Waals surface area (Å²) in [6, 6.07) is 6.70. The summed E-state index contributed by atoms with van der Waals surface area (Å²) in [5, 5.41) is 2.87. The highest BCUT2D eigenvalue weighted by atomic mass is 32.2. The van der Waals surface area contributed by atoms with Gasteiger partial charge in [-0.2, -0.15) is 4.31 Å². The molecule has 1 aliphatic heterocycles. The Balaban J connectivity index is 2.01. The van der Waals surface area contributed by atoms with E-state index in [2.05, 4.69) is 5.32 Å². The molecule has 1 N–H and O–H groups in total. The maximum atomic E-state index is 12.4. The largest absolute Gasteiger partial charge is 0.496 e. The maximum Gasteiger partial charge on any atom is 0.242 e. The van der Waals surface area contributed by atoms with E-state index in [1.54, 1.807) is 19.3 Å². The third-order valence-corrected chi connectivity index (χ3v) is 4.94. The van der Waals surface area contributed by atoms with E-state index in [-0.39, 0.29) is 18.5 Å². The second-order valence-electron chi connectivity index (χ2n) is 5.63. The van der Waals surface area contributed by atoms with Crippen LogP contribution in [0.15, 0.2) is 36.4 Å². The molecule has 2 atom stereocenters. The van der Waals surface area contributed by atoms with Crippen LogP contribution in [0.1, 0.15) is 12.5 Å². The average molecular weight is 338 g/mol. The van der Waals surface area contributed by atoms with Crippen LogP contribution >= 0.6 is 0 Å². The van der Waals surface area contributed by atoms with Gasteiger partial charge < -0.3 is 10.1 Å². The van der Waals surface area contributed by atoms with Gasteiger partial charge >= 0.3 is 0 Å². The molecule has 23 heavy (non-hydrogen) atoms. The molecule has 0 aliphatic carbocycles. The van der Waals surface area contributed by atoms with Gasteiger partial charge in [-0.05, 0) is 25.0 Å².